The number of hydrogen-bond acceptors (Lipinski definition) is 3. The van der Waals surface area contributed by atoms with Crippen molar-refractivity contribution in [3.63, 3.8) is 0 Å². The molecular weight excluding hydrogens is 404 g/mol. The van der Waals surface area contributed by atoms with Crippen molar-refractivity contribution < 1.29 is 22.7 Å². The van der Waals surface area contributed by atoms with E-state index in [1.54, 1.807) is 30.3 Å². The molecule has 4 nitrogen and oxygen atoms in total. The summed E-state index contributed by atoms with van der Waals surface area (Å²) in [7, 11) is 0. The molecule has 4 aromatic rings. The van der Waals surface area contributed by atoms with E-state index in [1.807, 2.05) is 5.10 Å². The fourth-order valence-corrected chi connectivity index (χ4v) is 3.00. The summed E-state index contributed by atoms with van der Waals surface area (Å²) in [4.78, 5) is 0. The lowest BCUT2D eigenvalue weighted by molar-refractivity contribution is -0.141. The predicted octanol–water partition coefficient (Wildman–Crippen LogP) is 6.52. The molecule has 0 radical (unpaired) electrons. The fraction of sp³-hybridized carbons (Fsp3) is 0.0556. The van der Waals surface area contributed by atoms with Gasteiger partial charge in [-0.05, 0) is 42.5 Å². The summed E-state index contributed by atoms with van der Waals surface area (Å²) in [5, 5.41) is 17.2. The minimum absolute atomic E-state index is 0.0287. The molecule has 0 saturated heterocycles. The third kappa shape index (κ3) is 3.13. The fourth-order valence-electron chi connectivity index (χ4n) is 2.70. The molecule has 0 fully saturated rings. The van der Waals surface area contributed by atoms with Gasteiger partial charge in [-0.2, -0.15) is 18.3 Å². The number of phenolic OH excluding ortho intramolecular Hbond substituents is 1. The standard InChI is InChI=1S/C18H9Cl2F3N2O2/c19-11-3-1-8(5-12(11)20)15-6-10-14(27-15)4-2-9(17(10)26)13-7-16(25-24-13)18(21,22)23/h1-7,26H,(H,24,25). The topological polar surface area (TPSA) is 62.0 Å². The number of phenols is 1. The van der Waals surface area contributed by atoms with Crippen LogP contribution in [0.5, 0.6) is 5.75 Å². The van der Waals surface area contributed by atoms with Gasteiger partial charge in [0.2, 0.25) is 0 Å². The van der Waals surface area contributed by atoms with E-state index in [1.165, 1.54) is 6.07 Å². The molecule has 0 aliphatic heterocycles. The lowest BCUT2D eigenvalue weighted by Crippen LogP contribution is -2.04. The number of aromatic amines is 1. The van der Waals surface area contributed by atoms with Crippen molar-refractivity contribution in [2.45, 2.75) is 6.18 Å². The van der Waals surface area contributed by atoms with Crippen LogP contribution in [-0.4, -0.2) is 15.3 Å². The Morgan fingerprint density at radius 1 is 1.00 bits per heavy atom. The van der Waals surface area contributed by atoms with Gasteiger partial charge in [-0.15, -0.1) is 0 Å². The van der Waals surface area contributed by atoms with Gasteiger partial charge in [0, 0.05) is 11.1 Å². The van der Waals surface area contributed by atoms with Crippen molar-refractivity contribution in [2.24, 2.45) is 0 Å². The van der Waals surface area contributed by atoms with Gasteiger partial charge in [-0.25, -0.2) is 0 Å². The van der Waals surface area contributed by atoms with E-state index < -0.39 is 11.9 Å². The van der Waals surface area contributed by atoms with Gasteiger partial charge in [-0.3, -0.25) is 5.10 Å². The van der Waals surface area contributed by atoms with E-state index in [-0.39, 0.29) is 17.0 Å². The molecule has 0 spiro atoms. The Bertz CT molecular complexity index is 1170. The normalized spacial score (nSPS) is 12.0. The lowest BCUT2D eigenvalue weighted by Gasteiger charge is -2.02. The first-order valence-electron chi connectivity index (χ1n) is 7.58. The van der Waals surface area contributed by atoms with Crippen molar-refractivity contribution in [1.29, 1.82) is 0 Å². The number of aromatic hydroxyl groups is 1. The van der Waals surface area contributed by atoms with Crippen LogP contribution >= 0.6 is 23.2 Å². The molecule has 2 aromatic heterocycles. The van der Waals surface area contributed by atoms with E-state index in [0.29, 0.717) is 32.3 Å². The molecule has 27 heavy (non-hydrogen) atoms. The number of furan rings is 1. The number of alkyl halides is 3. The van der Waals surface area contributed by atoms with E-state index >= 15 is 0 Å². The maximum Gasteiger partial charge on any atom is 0.432 e. The van der Waals surface area contributed by atoms with Crippen LogP contribution in [0.1, 0.15) is 5.69 Å². The summed E-state index contributed by atoms with van der Waals surface area (Å²) in [6.45, 7) is 0. The monoisotopic (exact) mass is 412 g/mol. The molecule has 0 bridgehead atoms. The number of rotatable bonds is 2. The predicted molar refractivity (Wildman–Crippen MR) is 95.9 cm³/mol. The molecule has 0 atom stereocenters. The number of hydrogen-bond donors (Lipinski definition) is 2. The van der Waals surface area contributed by atoms with Crippen LogP contribution in [0.2, 0.25) is 10.0 Å². The van der Waals surface area contributed by atoms with Crippen molar-refractivity contribution in [2.75, 3.05) is 0 Å². The zero-order valence-corrected chi connectivity index (χ0v) is 14.7. The highest BCUT2D eigenvalue weighted by Crippen LogP contribution is 2.40. The van der Waals surface area contributed by atoms with Crippen molar-refractivity contribution in [1.82, 2.24) is 10.2 Å². The van der Waals surface area contributed by atoms with Crippen LogP contribution in [0.3, 0.4) is 0 Å². The number of halogens is 5. The third-order valence-electron chi connectivity index (χ3n) is 4.04. The second kappa shape index (κ2) is 6.21. The minimum atomic E-state index is -4.55. The first-order chi connectivity index (χ1) is 12.7. The van der Waals surface area contributed by atoms with Crippen LogP contribution in [0.25, 0.3) is 33.6 Å². The highest BCUT2D eigenvalue weighted by atomic mass is 35.5. The van der Waals surface area contributed by atoms with Crippen LogP contribution in [0.15, 0.2) is 46.9 Å². The van der Waals surface area contributed by atoms with Crippen LogP contribution in [-0.2, 0) is 6.18 Å². The quantitative estimate of drug-likeness (QED) is 0.393. The number of aromatic nitrogens is 2. The Hall–Kier alpha value is -2.64. The number of nitrogens with zero attached hydrogens (tertiary/aromatic N) is 1. The molecule has 0 unspecified atom stereocenters. The van der Waals surface area contributed by atoms with Crippen LogP contribution in [0.4, 0.5) is 13.2 Å². The summed E-state index contributed by atoms with van der Waals surface area (Å²) < 4.78 is 44.0. The van der Waals surface area contributed by atoms with E-state index in [4.69, 9.17) is 27.6 Å². The summed E-state index contributed by atoms with van der Waals surface area (Å²) in [6.07, 6.45) is -4.55. The Kier molecular flexibility index (Phi) is 4.09. The summed E-state index contributed by atoms with van der Waals surface area (Å²) in [6, 6.07) is 10.3. The molecule has 0 aliphatic rings. The number of nitrogens with one attached hydrogen (secondary N) is 1. The average molecular weight is 413 g/mol. The summed E-state index contributed by atoms with van der Waals surface area (Å²) in [5.41, 5.74) is 0.125. The van der Waals surface area contributed by atoms with E-state index in [2.05, 4.69) is 5.10 Å². The van der Waals surface area contributed by atoms with Gasteiger partial charge in [0.25, 0.3) is 0 Å². The molecule has 2 aromatic carbocycles. The first kappa shape index (κ1) is 17.8. The number of H-pyrrole nitrogens is 1. The zero-order valence-electron chi connectivity index (χ0n) is 13.2. The smallest absolute Gasteiger partial charge is 0.432 e. The lowest BCUT2D eigenvalue weighted by atomic mass is 10.1. The second-order valence-corrected chi connectivity index (χ2v) is 6.59. The van der Waals surface area contributed by atoms with E-state index in [0.717, 1.165) is 6.07 Å². The largest absolute Gasteiger partial charge is 0.506 e. The van der Waals surface area contributed by atoms with Gasteiger partial charge in [0.05, 0.1) is 21.1 Å². The molecule has 2 heterocycles. The van der Waals surface area contributed by atoms with Gasteiger partial charge in [0.15, 0.2) is 0 Å². The van der Waals surface area contributed by atoms with Crippen LogP contribution < -0.4 is 0 Å². The van der Waals surface area contributed by atoms with Crippen molar-refractivity contribution in [3.05, 3.63) is 58.2 Å². The molecule has 0 amide bonds. The first-order valence-corrected chi connectivity index (χ1v) is 8.33. The SMILES string of the molecule is Oc1c(-c2cc(C(F)(F)F)[nH]n2)ccc2oc(-c3ccc(Cl)c(Cl)c3)cc12. The average Bonchev–Trinajstić information content (AvgIpc) is 3.24. The Balaban J connectivity index is 1.80. The number of fused-ring (bicyclic) bond motifs is 1. The van der Waals surface area contributed by atoms with Gasteiger partial charge >= 0.3 is 6.18 Å². The summed E-state index contributed by atoms with van der Waals surface area (Å²) in [5.74, 6) is 0.191. The molecule has 2 N–H and O–H groups in total. The molecule has 4 rings (SSSR count). The Morgan fingerprint density at radius 3 is 2.44 bits per heavy atom. The van der Waals surface area contributed by atoms with Crippen molar-refractivity contribution in [3.8, 4) is 28.3 Å². The molecule has 0 saturated carbocycles. The highest BCUT2D eigenvalue weighted by Gasteiger charge is 2.33. The maximum atomic E-state index is 12.8. The Morgan fingerprint density at radius 2 is 1.78 bits per heavy atom. The highest BCUT2D eigenvalue weighted by molar-refractivity contribution is 6.42. The molecular formula is C18H9Cl2F3N2O2. The maximum absolute atomic E-state index is 12.8. The Labute approximate surface area is 160 Å². The third-order valence-corrected chi connectivity index (χ3v) is 4.77. The van der Waals surface area contributed by atoms with Crippen LogP contribution in [0, 0.1) is 0 Å². The summed E-state index contributed by atoms with van der Waals surface area (Å²) >= 11 is 11.9. The van der Waals surface area contributed by atoms with E-state index in [9.17, 15) is 18.3 Å². The second-order valence-electron chi connectivity index (χ2n) is 5.78. The number of benzene rings is 2. The minimum Gasteiger partial charge on any atom is -0.506 e. The molecule has 138 valence electrons. The van der Waals surface area contributed by atoms with Gasteiger partial charge in [0.1, 0.15) is 22.8 Å². The van der Waals surface area contributed by atoms with Crippen molar-refractivity contribution >= 4 is 34.2 Å². The van der Waals surface area contributed by atoms with Gasteiger partial charge < -0.3 is 9.52 Å². The van der Waals surface area contributed by atoms with Gasteiger partial charge in [-0.1, -0.05) is 23.2 Å². The zero-order chi connectivity index (χ0) is 19.3. The molecule has 9 heteroatoms. The molecule has 0 aliphatic carbocycles.